The summed E-state index contributed by atoms with van der Waals surface area (Å²) in [7, 11) is 0. The Morgan fingerprint density at radius 1 is 0.515 bits per heavy atom. The van der Waals surface area contributed by atoms with Crippen LogP contribution in [0.3, 0.4) is 0 Å². The summed E-state index contributed by atoms with van der Waals surface area (Å²) in [5.74, 6) is 3.04. The monoisotopic (exact) mass is 639 g/mol. The first-order chi connectivity index (χ1) is 15.5. The predicted octanol–water partition coefficient (Wildman–Crippen LogP) is 3.34. The Morgan fingerprint density at radius 3 is 0.818 bits per heavy atom. The zero-order valence-corrected chi connectivity index (χ0v) is 23.4. The third-order valence-electron chi connectivity index (χ3n) is 6.00. The van der Waals surface area contributed by atoms with Crippen LogP contribution in [-0.2, 0) is 43.8 Å². The first kappa shape index (κ1) is 27.4. The van der Waals surface area contributed by atoms with Gasteiger partial charge in [-0.25, -0.2) is 20.0 Å². The van der Waals surface area contributed by atoms with Crippen LogP contribution < -0.4 is 0 Å². The van der Waals surface area contributed by atoms with Crippen molar-refractivity contribution in [3.8, 4) is 0 Å². The second-order valence-electron chi connectivity index (χ2n) is 8.76. The molecular weight excluding hydrogens is 602 g/mol. The average molecular weight is 639 g/mol. The summed E-state index contributed by atoms with van der Waals surface area (Å²) in [4.78, 5) is 17.7. The molecular formula is C22H36N4O6Re. The minimum absolute atomic E-state index is 0.178. The van der Waals surface area contributed by atoms with E-state index in [4.69, 9.17) is 25.9 Å². The number of ether oxygens (including phenoxy) is 4. The van der Waals surface area contributed by atoms with Crippen molar-refractivity contribution in [1.29, 1.82) is 0 Å². The molecule has 4 heterocycles. The fourth-order valence-corrected chi connectivity index (χ4v) is 3.31. The van der Waals surface area contributed by atoms with Gasteiger partial charge in [0, 0.05) is 0 Å². The summed E-state index contributed by atoms with van der Waals surface area (Å²) in [6.07, 6.45) is 1.91. The van der Waals surface area contributed by atoms with E-state index in [1.165, 1.54) is 0 Å². The van der Waals surface area contributed by atoms with E-state index in [-0.39, 0.29) is 48.6 Å². The Hall–Kier alpha value is -1.86. The Kier molecular flexibility index (Phi) is 10.4. The van der Waals surface area contributed by atoms with Crippen LogP contribution in [0.4, 0.5) is 0 Å². The molecule has 11 heteroatoms. The Bertz CT molecular complexity index is 717. The van der Waals surface area contributed by atoms with Crippen LogP contribution >= 0.6 is 0 Å². The third kappa shape index (κ3) is 8.14. The van der Waals surface area contributed by atoms with Gasteiger partial charge in [-0.05, 0) is 55.4 Å². The second kappa shape index (κ2) is 12.6. The van der Waals surface area contributed by atoms with Crippen LogP contribution in [0.1, 0.15) is 68.2 Å². The van der Waals surface area contributed by atoms with Crippen molar-refractivity contribution >= 4 is 23.6 Å². The molecule has 8 atom stereocenters. The molecule has 0 N–H and O–H groups in total. The molecule has 4 aliphatic rings. The molecule has 187 valence electrons. The second-order valence-corrected chi connectivity index (χ2v) is 9.21. The molecule has 33 heavy (non-hydrogen) atoms. The van der Waals surface area contributed by atoms with Crippen LogP contribution in [0, 0.1) is 0 Å². The molecule has 10 nitrogen and oxygen atoms in total. The quantitative estimate of drug-likeness (QED) is 0.466. The minimum atomic E-state index is -2.17. The summed E-state index contributed by atoms with van der Waals surface area (Å²) in [5, 5.41) is 0. The van der Waals surface area contributed by atoms with E-state index in [2.05, 4.69) is 47.7 Å². The van der Waals surface area contributed by atoms with Crippen molar-refractivity contribution in [2.24, 2.45) is 20.0 Å². The van der Waals surface area contributed by atoms with Crippen LogP contribution in [0.2, 0.25) is 0 Å². The molecule has 0 bridgehead atoms. The molecule has 4 rings (SSSR count). The van der Waals surface area contributed by atoms with Crippen LogP contribution in [0.25, 0.3) is 0 Å². The van der Waals surface area contributed by atoms with E-state index in [1.54, 1.807) is 0 Å². The zero-order valence-electron chi connectivity index (χ0n) is 20.6. The van der Waals surface area contributed by atoms with Gasteiger partial charge in [0.1, 0.15) is 24.4 Å². The Labute approximate surface area is 204 Å². The number of aliphatic imine (C=N–C) groups is 4. The van der Waals surface area contributed by atoms with E-state index in [0.29, 0.717) is 12.8 Å². The molecule has 0 fully saturated rings. The fourth-order valence-electron chi connectivity index (χ4n) is 3.31. The van der Waals surface area contributed by atoms with Crippen molar-refractivity contribution in [1.82, 2.24) is 0 Å². The van der Waals surface area contributed by atoms with Gasteiger partial charge in [-0.3, -0.25) is 0 Å². The molecule has 0 spiro atoms. The summed E-state index contributed by atoms with van der Waals surface area (Å²) in [6.45, 7) is 16.3. The van der Waals surface area contributed by atoms with Crippen molar-refractivity contribution in [3.05, 3.63) is 0 Å². The van der Waals surface area contributed by atoms with Gasteiger partial charge in [-0.15, -0.1) is 0 Å². The zero-order chi connectivity index (χ0) is 24.7. The van der Waals surface area contributed by atoms with Gasteiger partial charge in [0.05, 0.1) is 37.0 Å². The van der Waals surface area contributed by atoms with Gasteiger partial charge in [0.15, 0.2) is 23.6 Å². The molecule has 0 unspecified atom stereocenters. The van der Waals surface area contributed by atoms with Crippen LogP contribution in [0.15, 0.2) is 20.0 Å². The van der Waals surface area contributed by atoms with Gasteiger partial charge in [-0.2, -0.15) is 0 Å². The van der Waals surface area contributed by atoms with Gasteiger partial charge in [-0.1, -0.05) is 0 Å². The van der Waals surface area contributed by atoms with E-state index in [9.17, 15) is 0 Å². The molecule has 0 radical (unpaired) electrons. The van der Waals surface area contributed by atoms with E-state index >= 15 is 0 Å². The number of hydrogen-bond donors (Lipinski definition) is 0. The van der Waals surface area contributed by atoms with Gasteiger partial charge >= 0.3 is 24.8 Å². The summed E-state index contributed by atoms with van der Waals surface area (Å²) in [6, 6.07) is 0.988. The SMILES string of the molecule is C[C@@H]1OC(CC2=N[C@H](C)[C@H](C)O2)=N[C@@H]1C.C[C@@H]1OC(CC2=N[C@H](C)[C@H](C)O2)=N[C@@H]1C.[O]=[Re]=[O]. The first-order valence-electron chi connectivity index (χ1n) is 11.4. The van der Waals surface area contributed by atoms with E-state index in [1.807, 2.05) is 27.7 Å². The van der Waals surface area contributed by atoms with Gasteiger partial charge in [0.25, 0.3) is 0 Å². The topological polar surface area (TPSA) is 120 Å². The molecule has 0 aromatic heterocycles. The Morgan fingerprint density at radius 2 is 0.697 bits per heavy atom. The van der Waals surface area contributed by atoms with Gasteiger partial charge < -0.3 is 18.9 Å². The molecule has 0 aromatic rings. The normalized spacial score (nSPS) is 36.2. The first-order valence-corrected chi connectivity index (χ1v) is 13.6. The fraction of sp³-hybridized carbons (Fsp3) is 0.818. The maximum absolute atomic E-state index is 8.53. The standard InChI is InChI=1S/2C11H18N2O2.2O.Re/c2*1-6-8(3)14-10(12-6)5-11-13-7(2)9(4)15-11;;;/h2*6-9H,5H2,1-4H3;;;/t2*6-,7-,8+,9+;;;/m11.../s1. The van der Waals surface area contributed by atoms with Crippen molar-refractivity contribution in [2.75, 3.05) is 0 Å². The third-order valence-corrected chi connectivity index (χ3v) is 6.00. The molecule has 0 saturated carbocycles. The molecule has 0 aromatic carbocycles. The predicted molar refractivity (Wildman–Crippen MR) is 120 cm³/mol. The Balaban J connectivity index is 0.000000209. The van der Waals surface area contributed by atoms with Gasteiger partial charge in [0.2, 0.25) is 0 Å². The van der Waals surface area contributed by atoms with Crippen LogP contribution in [-0.4, -0.2) is 72.2 Å². The van der Waals surface area contributed by atoms with Crippen LogP contribution in [0.5, 0.6) is 0 Å². The maximum atomic E-state index is 8.53. The van der Waals surface area contributed by atoms with E-state index in [0.717, 1.165) is 23.6 Å². The van der Waals surface area contributed by atoms with Crippen molar-refractivity contribution in [3.63, 3.8) is 0 Å². The average Bonchev–Trinajstić information content (AvgIpc) is 3.41. The van der Waals surface area contributed by atoms with Crippen molar-refractivity contribution in [2.45, 2.75) is 117 Å². The number of hydrogen-bond acceptors (Lipinski definition) is 10. The number of rotatable bonds is 4. The van der Waals surface area contributed by atoms with Crippen molar-refractivity contribution < 1.29 is 43.8 Å². The number of nitrogens with zero attached hydrogens (tertiary/aromatic N) is 4. The summed E-state index contributed by atoms with van der Waals surface area (Å²) >= 11 is -2.17. The molecule has 0 saturated heterocycles. The molecule has 0 aliphatic carbocycles. The molecule has 4 aliphatic heterocycles. The summed E-state index contributed by atoms with van der Waals surface area (Å²) < 4.78 is 39.4. The summed E-state index contributed by atoms with van der Waals surface area (Å²) in [5.41, 5.74) is 0. The molecule has 0 amide bonds. The van der Waals surface area contributed by atoms with E-state index < -0.39 is 17.9 Å².